The number of nitrogens with one attached hydrogen (secondary N) is 1. The zero-order chi connectivity index (χ0) is 23.2. The second kappa shape index (κ2) is 8.25. The van der Waals surface area contributed by atoms with Gasteiger partial charge in [-0.05, 0) is 24.3 Å². The van der Waals surface area contributed by atoms with Gasteiger partial charge in [0.15, 0.2) is 11.6 Å². The van der Waals surface area contributed by atoms with E-state index in [-0.39, 0.29) is 6.04 Å². The van der Waals surface area contributed by atoms with Crippen LogP contribution in [0.5, 0.6) is 0 Å². The third kappa shape index (κ3) is 3.54. The molecule has 0 aliphatic carbocycles. The average Bonchev–Trinajstić information content (AvgIpc) is 3.59. The molecule has 1 N–H and O–H groups in total. The Morgan fingerprint density at radius 2 is 1.97 bits per heavy atom. The van der Waals surface area contributed by atoms with Crippen LogP contribution in [0.25, 0.3) is 33.7 Å². The maximum Gasteiger partial charge on any atom is 0.226 e. The molecule has 0 amide bonds. The third-order valence-corrected chi connectivity index (χ3v) is 6.78. The number of nitrogens with zero attached hydrogens (tertiary/aromatic N) is 5. The number of anilines is 2. The number of fused-ring (bicyclic) bond motifs is 4. The summed E-state index contributed by atoms with van der Waals surface area (Å²) < 4.78 is 11.6. The Hall–Kier alpha value is -4.17. The van der Waals surface area contributed by atoms with Crippen molar-refractivity contribution < 1.29 is 9.15 Å². The number of ether oxygens (including phenoxy) is 1. The Morgan fingerprint density at radius 3 is 2.91 bits per heavy atom. The molecule has 0 radical (unpaired) electrons. The molecule has 7 rings (SSSR count). The molecule has 174 valence electrons. The molecule has 1 atom stereocenters. The number of morpholine rings is 1. The van der Waals surface area contributed by atoms with Crippen LogP contribution >= 0.6 is 0 Å². The highest BCUT2D eigenvalue weighted by molar-refractivity contribution is 5.93. The molecular formula is C27H24N6O2. The SMILES string of the molecule is c1ccc(-c2nc(CN3CC4COCCN4c4nc(-c5cccc6[nH]ccc56)ncc43)co2)cc1. The second-order valence-electron chi connectivity index (χ2n) is 8.96. The number of hydrogen-bond acceptors (Lipinski definition) is 7. The van der Waals surface area contributed by atoms with Gasteiger partial charge in [-0.3, -0.25) is 0 Å². The fourth-order valence-corrected chi connectivity index (χ4v) is 5.09. The second-order valence-corrected chi connectivity index (χ2v) is 8.96. The molecule has 8 nitrogen and oxygen atoms in total. The first kappa shape index (κ1) is 20.2. The first-order valence-corrected chi connectivity index (χ1v) is 11.9. The van der Waals surface area contributed by atoms with Crippen LogP contribution in [-0.4, -0.2) is 52.3 Å². The smallest absolute Gasteiger partial charge is 0.226 e. The Kier molecular flexibility index (Phi) is 4.77. The average molecular weight is 465 g/mol. The van der Waals surface area contributed by atoms with Crippen molar-refractivity contribution in [2.45, 2.75) is 12.6 Å². The molecule has 2 aliphatic heterocycles. The lowest BCUT2D eigenvalue weighted by atomic mass is 10.1. The van der Waals surface area contributed by atoms with Gasteiger partial charge in [0.2, 0.25) is 5.89 Å². The first-order chi connectivity index (χ1) is 17.3. The van der Waals surface area contributed by atoms with Gasteiger partial charge in [0.25, 0.3) is 0 Å². The van der Waals surface area contributed by atoms with E-state index in [1.165, 1.54) is 0 Å². The highest BCUT2D eigenvalue weighted by atomic mass is 16.5. The minimum Gasteiger partial charge on any atom is -0.444 e. The van der Waals surface area contributed by atoms with Gasteiger partial charge in [-0.2, -0.15) is 0 Å². The Bertz CT molecular complexity index is 1490. The van der Waals surface area contributed by atoms with Crippen LogP contribution in [0.15, 0.2) is 77.7 Å². The summed E-state index contributed by atoms with van der Waals surface area (Å²) in [7, 11) is 0. The molecular weight excluding hydrogens is 440 g/mol. The molecule has 1 fully saturated rings. The van der Waals surface area contributed by atoms with E-state index in [0.29, 0.717) is 25.6 Å². The first-order valence-electron chi connectivity index (χ1n) is 11.9. The normalized spacial score (nSPS) is 17.4. The molecule has 1 unspecified atom stereocenters. The molecule has 5 heterocycles. The molecule has 0 saturated carbocycles. The van der Waals surface area contributed by atoms with Crippen molar-refractivity contribution in [2.24, 2.45) is 0 Å². The summed E-state index contributed by atoms with van der Waals surface area (Å²) in [4.78, 5) is 22.6. The minimum absolute atomic E-state index is 0.225. The summed E-state index contributed by atoms with van der Waals surface area (Å²) in [6.07, 6.45) is 5.65. The molecule has 1 saturated heterocycles. The largest absolute Gasteiger partial charge is 0.444 e. The fourth-order valence-electron chi connectivity index (χ4n) is 5.09. The topological polar surface area (TPSA) is 83.3 Å². The van der Waals surface area contributed by atoms with Gasteiger partial charge >= 0.3 is 0 Å². The number of rotatable bonds is 4. The quantitative estimate of drug-likeness (QED) is 0.419. The van der Waals surface area contributed by atoms with Crippen LogP contribution in [0.4, 0.5) is 11.5 Å². The van der Waals surface area contributed by atoms with Crippen molar-refractivity contribution in [3.05, 3.63) is 78.9 Å². The van der Waals surface area contributed by atoms with Gasteiger partial charge in [-0.25, -0.2) is 15.0 Å². The number of aromatic nitrogens is 4. The summed E-state index contributed by atoms with van der Waals surface area (Å²) in [5.74, 6) is 2.31. The van der Waals surface area contributed by atoms with E-state index in [4.69, 9.17) is 24.1 Å². The van der Waals surface area contributed by atoms with E-state index in [9.17, 15) is 0 Å². The lowest BCUT2D eigenvalue weighted by Gasteiger charge is -2.45. The van der Waals surface area contributed by atoms with E-state index in [1.54, 1.807) is 6.26 Å². The number of hydrogen-bond donors (Lipinski definition) is 1. The zero-order valence-electron chi connectivity index (χ0n) is 19.1. The lowest BCUT2D eigenvalue weighted by molar-refractivity contribution is 0.0936. The van der Waals surface area contributed by atoms with Gasteiger partial charge < -0.3 is 23.9 Å². The van der Waals surface area contributed by atoms with Crippen molar-refractivity contribution in [3.8, 4) is 22.8 Å². The molecule has 2 aromatic carbocycles. The molecule has 0 spiro atoms. The summed E-state index contributed by atoms with van der Waals surface area (Å²) in [5, 5.41) is 1.12. The maximum atomic E-state index is 5.83. The minimum atomic E-state index is 0.225. The van der Waals surface area contributed by atoms with Gasteiger partial charge in [0.1, 0.15) is 6.26 Å². The van der Waals surface area contributed by atoms with Gasteiger partial charge in [-0.1, -0.05) is 30.3 Å². The predicted octanol–water partition coefficient (Wildman–Crippen LogP) is 4.51. The van der Waals surface area contributed by atoms with Gasteiger partial charge in [0, 0.05) is 41.3 Å². The number of benzene rings is 2. The molecule has 0 bridgehead atoms. The lowest BCUT2D eigenvalue weighted by Crippen LogP contribution is -2.55. The molecule has 5 aromatic rings. The number of H-pyrrole nitrogens is 1. The summed E-state index contributed by atoms with van der Waals surface area (Å²) in [5.41, 5.74) is 4.96. The van der Waals surface area contributed by atoms with Crippen molar-refractivity contribution >= 4 is 22.4 Å². The standard InChI is InChI=1S/C27H24N6O2/c1-2-5-18(6-3-1)27-30-19(16-35-27)14-32-15-20-17-34-12-11-33(20)26-24(32)13-29-25(31-26)22-7-4-8-23-21(22)9-10-28-23/h1-10,13,16,20,28H,11-12,14-15,17H2. The fraction of sp³-hybridized carbons (Fsp3) is 0.222. The Morgan fingerprint density at radius 1 is 1.03 bits per heavy atom. The van der Waals surface area contributed by atoms with Crippen LogP contribution in [-0.2, 0) is 11.3 Å². The zero-order valence-corrected chi connectivity index (χ0v) is 19.1. The van der Waals surface area contributed by atoms with Crippen LogP contribution in [0.2, 0.25) is 0 Å². The van der Waals surface area contributed by atoms with Crippen LogP contribution in [0.3, 0.4) is 0 Å². The monoisotopic (exact) mass is 464 g/mol. The summed E-state index contributed by atoms with van der Waals surface area (Å²) in [6, 6.07) is 18.5. The van der Waals surface area contributed by atoms with Gasteiger partial charge in [0.05, 0.1) is 43.4 Å². The Labute approximate surface area is 202 Å². The van der Waals surface area contributed by atoms with E-state index in [0.717, 1.165) is 58.1 Å². The maximum absolute atomic E-state index is 5.83. The van der Waals surface area contributed by atoms with Crippen molar-refractivity contribution in [2.75, 3.05) is 36.1 Å². The van der Waals surface area contributed by atoms with Crippen LogP contribution < -0.4 is 9.80 Å². The molecule has 35 heavy (non-hydrogen) atoms. The van der Waals surface area contributed by atoms with Crippen molar-refractivity contribution in [1.29, 1.82) is 0 Å². The number of oxazole rings is 1. The van der Waals surface area contributed by atoms with E-state index < -0.39 is 0 Å². The number of aromatic amines is 1. The molecule has 8 heteroatoms. The van der Waals surface area contributed by atoms with Crippen molar-refractivity contribution in [3.63, 3.8) is 0 Å². The van der Waals surface area contributed by atoms with Crippen molar-refractivity contribution in [1.82, 2.24) is 19.9 Å². The summed E-state index contributed by atoms with van der Waals surface area (Å²) in [6.45, 7) is 3.63. The van der Waals surface area contributed by atoms with E-state index >= 15 is 0 Å². The Balaban J connectivity index is 1.26. The van der Waals surface area contributed by atoms with Gasteiger partial charge in [-0.15, -0.1) is 0 Å². The highest BCUT2D eigenvalue weighted by Gasteiger charge is 2.35. The molecule has 3 aromatic heterocycles. The predicted molar refractivity (Wildman–Crippen MR) is 134 cm³/mol. The highest BCUT2D eigenvalue weighted by Crippen LogP contribution is 2.37. The van der Waals surface area contributed by atoms with E-state index in [1.807, 2.05) is 48.8 Å². The van der Waals surface area contributed by atoms with E-state index in [2.05, 4.69) is 33.0 Å². The third-order valence-electron chi connectivity index (χ3n) is 6.78. The summed E-state index contributed by atoms with van der Waals surface area (Å²) >= 11 is 0. The molecule has 2 aliphatic rings. The van der Waals surface area contributed by atoms with Crippen LogP contribution in [0.1, 0.15) is 5.69 Å². The van der Waals surface area contributed by atoms with Crippen LogP contribution in [0, 0.1) is 0 Å².